The summed E-state index contributed by atoms with van der Waals surface area (Å²) in [5.41, 5.74) is 2.46. The molecule has 0 radical (unpaired) electrons. The summed E-state index contributed by atoms with van der Waals surface area (Å²) in [7, 11) is -0.698. The third-order valence-electron chi connectivity index (χ3n) is 4.66. The molecule has 0 saturated heterocycles. The molecule has 1 aromatic heterocycles. The van der Waals surface area contributed by atoms with Crippen LogP contribution < -0.4 is 4.74 Å². The van der Waals surface area contributed by atoms with Crippen molar-refractivity contribution < 1.29 is 17.9 Å². The minimum absolute atomic E-state index is 0.0907. The van der Waals surface area contributed by atoms with E-state index in [9.17, 15) is 8.42 Å². The average molecular weight is 435 g/mol. The fourth-order valence-electron chi connectivity index (χ4n) is 3.04. The van der Waals surface area contributed by atoms with Gasteiger partial charge in [-0.1, -0.05) is 29.8 Å². The summed E-state index contributed by atoms with van der Waals surface area (Å²) < 4.78 is 38.1. The lowest BCUT2D eigenvalue weighted by Crippen LogP contribution is -2.33. The van der Waals surface area contributed by atoms with Crippen LogP contribution in [-0.2, 0) is 21.3 Å². The van der Waals surface area contributed by atoms with E-state index in [2.05, 4.69) is 4.98 Å². The van der Waals surface area contributed by atoms with Crippen LogP contribution in [0.25, 0.3) is 10.9 Å². The highest BCUT2D eigenvalue weighted by Gasteiger charge is 2.25. The smallest absolute Gasteiger partial charge is 0.243 e. The number of aryl methyl sites for hydroxylation is 1. The van der Waals surface area contributed by atoms with E-state index in [1.54, 1.807) is 12.1 Å². The Bertz CT molecular complexity index is 1100. The molecule has 0 unspecified atom stereocenters. The van der Waals surface area contributed by atoms with Gasteiger partial charge in [0.25, 0.3) is 0 Å². The maximum atomic E-state index is 13.2. The predicted molar refractivity (Wildman–Crippen MR) is 114 cm³/mol. The molecule has 0 N–H and O–H groups in total. The standard InChI is InChI=1S/C21H23ClN2O4S/c1-15-5-4-6-16-13-17(21(22)23-20(15)16)14-24(11-12-27-2)29(25,26)19-9-7-18(28-3)8-10-19/h4-10,13H,11-12,14H2,1-3H3. The first kappa shape index (κ1) is 21.5. The SMILES string of the molecule is COCCN(Cc1cc2cccc(C)c2nc1Cl)S(=O)(=O)c1ccc(OC)cc1. The van der Waals surface area contributed by atoms with E-state index < -0.39 is 10.0 Å². The Kier molecular flexibility index (Phi) is 6.74. The van der Waals surface area contributed by atoms with Gasteiger partial charge in [0.1, 0.15) is 10.9 Å². The molecule has 0 aliphatic rings. The topological polar surface area (TPSA) is 68.7 Å². The van der Waals surface area contributed by atoms with Gasteiger partial charge in [-0.05, 0) is 42.8 Å². The van der Waals surface area contributed by atoms with Crippen LogP contribution in [0.2, 0.25) is 5.15 Å². The molecule has 0 saturated carbocycles. The number of nitrogens with zero attached hydrogens (tertiary/aromatic N) is 2. The summed E-state index contributed by atoms with van der Waals surface area (Å²) in [5.74, 6) is 0.588. The van der Waals surface area contributed by atoms with Crippen LogP contribution in [0.1, 0.15) is 11.1 Å². The van der Waals surface area contributed by atoms with Crippen molar-refractivity contribution in [2.45, 2.75) is 18.4 Å². The third-order valence-corrected chi connectivity index (χ3v) is 6.85. The molecule has 154 valence electrons. The summed E-state index contributed by atoms with van der Waals surface area (Å²) in [6.07, 6.45) is 0. The van der Waals surface area contributed by atoms with Crippen LogP contribution in [0.5, 0.6) is 5.75 Å². The first-order chi connectivity index (χ1) is 13.9. The van der Waals surface area contributed by atoms with Gasteiger partial charge in [-0.2, -0.15) is 4.31 Å². The van der Waals surface area contributed by atoms with Gasteiger partial charge in [0, 0.05) is 31.1 Å². The number of benzene rings is 2. The number of hydrogen-bond acceptors (Lipinski definition) is 5. The number of hydrogen-bond donors (Lipinski definition) is 0. The zero-order valence-electron chi connectivity index (χ0n) is 16.6. The minimum Gasteiger partial charge on any atom is -0.497 e. The lowest BCUT2D eigenvalue weighted by atomic mass is 10.1. The van der Waals surface area contributed by atoms with Gasteiger partial charge in [0.2, 0.25) is 10.0 Å². The van der Waals surface area contributed by atoms with Crippen molar-refractivity contribution in [2.24, 2.45) is 0 Å². The number of fused-ring (bicyclic) bond motifs is 1. The number of pyridine rings is 1. The fraction of sp³-hybridized carbons (Fsp3) is 0.286. The van der Waals surface area contributed by atoms with Crippen LogP contribution in [-0.4, -0.2) is 45.1 Å². The molecule has 8 heteroatoms. The molecule has 3 aromatic rings. The van der Waals surface area contributed by atoms with E-state index in [0.717, 1.165) is 16.5 Å². The summed E-state index contributed by atoms with van der Waals surface area (Å²) in [6.45, 7) is 2.50. The predicted octanol–water partition coefficient (Wildman–Crippen LogP) is 4.04. The molecular weight excluding hydrogens is 412 g/mol. The molecule has 2 aromatic carbocycles. The van der Waals surface area contributed by atoms with Crippen molar-refractivity contribution in [3.05, 3.63) is 64.8 Å². The molecule has 0 amide bonds. The number of methoxy groups -OCH3 is 2. The fourth-order valence-corrected chi connectivity index (χ4v) is 4.64. The molecule has 0 aliphatic heterocycles. The molecule has 0 spiro atoms. The Morgan fingerprint density at radius 2 is 1.83 bits per heavy atom. The quantitative estimate of drug-likeness (QED) is 0.500. The molecular formula is C21H23ClN2O4S. The van der Waals surface area contributed by atoms with E-state index in [4.69, 9.17) is 21.1 Å². The Balaban J connectivity index is 1.98. The first-order valence-electron chi connectivity index (χ1n) is 9.04. The molecule has 0 atom stereocenters. The van der Waals surface area contributed by atoms with E-state index in [1.165, 1.54) is 30.7 Å². The highest BCUT2D eigenvalue weighted by molar-refractivity contribution is 7.89. The molecule has 0 bridgehead atoms. The van der Waals surface area contributed by atoms with Crippen molar-refractivity contribution in [3.8, 4) is 5.75 Å². The van der Waals surface area contributed by atoms with Crippen LogP contribution in [0.4, 0.5) is 0 Å². The van der Waals surface area contributed by atoms with Crippen molar-refractivity contribution in [1.29, 1.82) is 0 Å². The Morgan fingerprint density at radius 3 is 2.48 bits per heavy atom. The largest absolute Gasteiger partial charge is 0.497 e. The van der Waals surface area contributed by atoms with Crippen LogP contribution in [0.15, 0.2) is 53.4 Å². The zero-order valence-corrected chi connectivity index (χ0v) is 18.1. The number of halogens is 1. The van der Waals surface area contributed by atoms with E-state index in [-0.39, 0.29) is 24.6 Å². The Morgan fingerprint density at radius 1 is 1.10 bits per heavy atom. The van der Waals surface area contributed by atoms with Crippen LogP contribution >= 0.6 is 11.6 Å². The van der Waals surface area contributed by atoms with E-state index >= 15 is 0 Å². The normalized spacial score (nSPS) is 11.9. The summed E-state index contributed by atoms with van der Waals surface area (Å²) >= 11 is 6.41. The van der Waals surface area contributed by atoms with E-state index in [0.29, 0.717) is 16.5 Å². The van der Waals surface area contributed by atoms with Gasteiger partial charge in [-0.25, -0.2) is 13.4 Å². The lowest BCUT2D eigenvalue weighted by Gasteiger charge is -2.23. The second-order valence-corrected chi connectivity index (χ2v) is 8.89. The summed E-state index contributed by atoms with van der Waals surface area (Å²) in [6, 6.07) is 14.0. The second-order valence-electron chi connectivity index (χ2n) is 6.59. The van der Waals surface area contributed by atoms with E-state index in [1.807, 2.05) is 31.2 Å². The van der Waals surface area contributed by atoms with Gasteiger partial charge >= 0.3 is 0 Å². The van der Waals surface area contributed by atoms with Crippen molar-refractivity contribution in [3.63, 3.8) is 0 Å². The van der Waals surface area contributed by atoms with Gasteiger partial charge in [0.05, 0.1) is 24.1 Å². The summed E-state index contributed by atoms with van der Waals surface area (Å²) in [5, 5.41) is 1.21. The minimum atomic E-state index is -3.76. The first-order valence-corrected chi connectivity index (χ1v) is 10.9. The van der Waals surface area contributed by atoms with Gasteiger partial charge in [0.15, 0.2) is 0 Å². The van der Waals surface area contributed by atoms with Crippen LogP contribution in [0, 0.1) is 6.92 Å². The average Bonchev–Trinajstić information content (AvgIpc) is 2.72. The molecule has 1 heterocycles. The molecule has 3 rings (SSSR count). The second kappa shape index (κ2) is 9.09. The zero-order chi connectivity index (χ0) is 21.0. The number of aromatic nitrogens is 1. The molecule has 6 nitrogen and oxygen atoms in total. The lowest BCUT2D eigenvalue weighted by molar-refractivity contribution is 0.177. The third kappa shape index (κ3) is 4.70. The number of rotatable bonds is 8. The number of sulfonamides is 1. The molecule has 29 heavy (non-hydrogen) atoms. The van der Waals surface area contributed by atoms with Crippen molar-refractivity contribution in [2.75, 3.05) is 27.4 Å². The van der Waals surface area contributed by atoms with Crippen LogP contribution in [0.3, 0.4) is 0 Å². The Labute approximate surface area is 176 Å². The number of ether oxygens (including phenoxy) is 2. The van der Waals surface area contributed by atoms with Gasteiger partial charge < -0.3 is 9.47 Å². The summed E-state index contributed by atoms with van der Waals surface area (Å²) in [4.78, 5) is 4.66. The highest BCUT2D eigenvalue weighted by Crippen LogP contribution is 2.26. The molecule has 0 fully saturated rings. The highest BCUT2D eigenvalue weighted by atomic mass is 35.5. The van der Waals surface area contributed by atoms with Crippen molar-refractivity contribution in [1.82, 2.24) is 9.29 Å². The number of para-hydroxylation sites is 1. The molecule has 0 aliphatic carbocycles. The maximum absolute atomic E-state index is 13.2. The Hall–Kier alpha value is -2.19. The monoisotopic (exact) mass is 434 g/mol. The van der Waals surface area contributed by atoms with Crippen molar-refractivity contribution >= 4 is 32.5 Å². The van der Waals surface area contributed by atoms with Gasteiger partial charge in [-0.3, -0.25) is 0 Å². The maximum Gasteiger partial charge on any atom is 0.243 e. The van der Waals surface area contributed by atoms with Gasteiger partial charge in [-0.15, -0.1) is 0 Å².